The van der Waals surface area contributed by atoms with Gasteiger partial charge in [0.25, 0.3) is 0 Å². The lowest BCUT2D eigenvalue weighted by Crippen LogP contribution is -2.38. The highest BCUT2D eigenvalue weighted by Gasteiger charge is 2.44. The van der Waals surface area contributed by atoms with Gasteiger partial charge in [0.15, 0.2) is 0 Å². The molecule has 0 aliphatic carbocycles. The van der Waals surface area contributed by atoms with Gasteiger partial charge in [0, 0.05) is 12.0 Å². The van der Waals surface area contributed by atoms with Crippen LogP contribution in [-0.2, 0) is 0 Å². The van der Waals surface area contributed by atoms with E-state index in [0.717, 1.165) is 0 Å². The molecule has 2 atom stereocenters. The van der Waals surface area contributed by atoms with Crippen molar-refractivity contribution >= 4 is 80.9 Å². The van der Waals surface area contributed by atoms with Gasteiger partial charge in [0.05, 0.1) is 10.5 Å². The van der Waals surface area contributed by atoms with Gasteiger partial charge in [-0.15, -0.1) is 0 Å². The number of rotatable bonds is 8. The highest BCUT2D eigenvalue weighted by molar-refractivity contribution is 8.04. The van der Waals surface area contributed by atoms with Gasteiger partial charge in [0.2, 0.25) is 0 Å². The molecular weight excluding hydrogens is 687 g/mol. The van der Waals surface area contributed by atoms with E-state index in [1.807, 2.05) is 0 Å². The Bertz CT molecular complexity index is 1870. The Morgan fingerprint density at radius 2 is 0.706 bits per heavy atom. The maximum Gasteiger partial charge on any atom is 0.371 e. The molecule has 0 N–H and O–H groups in total. The van der Waals surface area contributed by atoms with Crippen LogP contribution in [0.2, 0.25) is 0 Å². The predicted octanol–water partition coefficient (Wildman–Crippen LogP) is 9.58. The molecule has 258 valence electrons. The minimum Gasteiger partial charge on any atom is -0.0723 e. The molecule has 5 heteroatoms. The second kappa shape index (κ2) is 17.3. The third-order valence-electron chi connectivity index (χ3n) is 9.56. The van der Waals surface area contributed by atoms with Gasteiger partial charge in [-0.3, -0.25) is 0 Å². The first-order valence-electron chi connectivity index (χ1n) is 17.7. The topological polar surface area (TPSA) is 0 Å². The van der Waals surface area contributed by atoms with Crippen LogP contribution in [0.5, 0.6) is 0 Å². The Morgan fingerprint density at radius 3 is 1.06 bits per heavy atom. The van der Waals surface area contributed by atoms with Gasteiger partial charge in [0.1, 0.15) is 0 Å². The van der Waals surface area contributed by atoms with E-state index in [0.29, 0.717) is 5.16 Å². The second-order valence-electron chi connectivity index (χ2n) is 15.0. The molecule has 0 aliphatic rings. The van der Waals surface area contributed by atoms with E-state index in [9.17, 15) is 0 Å². The van der Waals surface area contributed by atoms with Crippen molar-refractivity contribution in [2.75, 3.05) is 13.3 Å². The Balaban J connectivity index is 0.000000198. The Hall–Kier alpha value is -2.90. The molecule has 0 aromatic heterocycles. The first-order valence-corrected chi connectivity index (χ1v) is 24.5. The third-order valence-corrected chi connectivity index (χ3v) is 22.2. The zero-order valence-electron chi connectivity index (χ0n) is 31.5. The Kier molecular flexibility index (Phi) is 13.3. The molecule has 0 aliphatic heterocycles. The molecule has 0 saturated heterocycles. The summed E-state index contributed by atoms with van der Waals surface area (Å²) in [4.78, 5) is 0. The summed E-state index contributed by atoms with van der Waals surface area (Å²) in [6, 6.07) is 61.7. The van der Waals surface area contributed by atoms with Crippen LogP contribution < -0.4 is 42.4 Å². The molecule has 1 unspecified atom stereocenters. The SMILES string of the molecule is C[P@@](c1ccccc1P(c1ccccc1)c1ccccc1)C(C)(C)C.[B][P+](C)(c1ccccc1P(c1ccccc1)c1ccccc1)C(C)(C)C. The van der Waals surface area contributed by atoms with Gasteiger partial charge in [-0.25, -0.2) is 0 Å². The number of hydrogen-bond donors (Lipinski definition) is 0. The van der Waals surface area contributed by atoms with Crippen molar-refractivity contribution in [2.45, 2.75) is 51.9 Å². The van der Waals surface area contributed by atoms with E-state index in [2.05, 4.69) is 225 Å². The van der Waals surface area contributed by atoms with E-state index in [4.69, 9.17) is 7.57 Å². The fourth-order valence-electron chi connectivity index (χ4n) is 5.87. The van der Waals surface area contributed by atoms with Gasteiger partial charge >= 0.3 is 7.57 Å². The van der Waals surface area contributed by atoms with Gasteiger partial charge in [-0.05, 0) is 99.5 Å². The largest absolute Gasteiger partial charge is 0.371 e. The van der Waals surface area contributed by atoms with Crippen LogP contribution in [0.1, 0.15) is 41.5 Å². The summed E-state index contributed by atoms with van der Waals surface area (Å²) in [7, 11) is 3.84. The molecule has 0 nitrogen and oxygen atoms in total. The molecule has 0 saturated carbocycles. The smallest absolute Gasteiger partial charge is 0.0723 e. The van der Waals surface area contributed by atoms with E-state index in [1.54, 1.807) is 5.30 Å². The molecule has 6 rings (SSSR count). The fraction of sp³-hybridized carbons (Fsp3) is 0.217. The zero-order valence-corrected chi connectivity index (χ0v) is 35.1. The summed E-state index contributed by atoms with van der Waals surface area (Å²) in [6.45, 7) is 18.6. The summed E-state index contributed by atoms with van der Waals surface area (Å²) in [5, 5.41) is 11.8. The molecule has 6 aromatic rings. The Labute approximate surface area is 314 Å². The second-order valence-corrected chi connectivity index (χ2v) is 26.3. The average molecular weight is 740 g/mol. The lowest BCUT2D eigenvalue weighted by molar-refractivity contribution is 0.787. The fourth-order valence-corrected chi connectivity index (χ4v) is 15.3. The van der Waals surface area contributed by atoms with Crippen LogP contribution in [0.4, 0.5) is 0 Å². The lowest BCUT2D eigenvalue weighted by atomic mass is 10.2. The summed E-state index contributed by atoms with van der Waals surface area (Å²) < 4.78 is 0. The molecule has 0 amide bonds. The maximum atomic E-state index is 7.03. The number of hydrogen-bond acceptors (Lipinski definition) is 0. The standard InChI is InChI=1S/C23H26BP2.C23H26P2/c1-23(2,3)26(4,24)22-18-12-11-17-21(22)25(19-13-7-5-8-14-19)20-15-9-6-10-16-20;1-23(2,3)24(4)21-17-11-12-18-22(21)25(19-13-7-5-8-14-19)20-15-9-6-10-16-20/h5-18H,1-4H3;5-18H,1-4H3/q+1;/t;24-/m.0/s1. The summed E-state index contributed by atoms with van der Waals surface area (Å²) in [6.07, 6.45) is 0. The highest BCUT2D eigenvalue weighted by Crippen LogP contribution is 2.61. The van der Waals surface area contributed by atoms with E-state index in [1.165, 1.54) is 37.1 Å². The first-order chi connectivity index (χ1) is 24.3. The molecule has 0 fully saturated rings. The van der Waals surface area contributed by atoms with Crippen molar-refractivity contribution in [1.82, 2.24) is 0 Å². The minimum absolute atomic E-state index is 0.0669. The summed E-state index contributed by atoms with van der Waals surface area (Å²) in [5.41, 5.74) is 0. The van der Waals surface area contributed by atoms with Crippen LogP contribution in [0.3, 0.4) is 0 Å². The van der Waals surface area contributed by atoms with Crippen LogP contribution >= 0.6 is 30.9 Å². The highest BCUT2D eigenvalue weighted by atomic mass is 31.2. The van der Waals surface area contributed by atoms with Crippen LogP contribution in [-0.4, -0.2) is 31.2 Å². The monoisotopic (exact) mass is 739 g/mol. The minimum atomic E-state index is -1.79. The van der Waals surface area contributed by atoms with Crippen molar-refractivity contribution < 1.29 is 0 Å². The molecule has 0 spiro atoms. The Morgan fingerprint density at radius 1 is 0.412 bits per heavy atom. The first kappa shape index (κ1) is 39.3. The maximum absolute atomic E-state index is 7.03. The number of benzene rings is 6. The van der Waals surface area contributed by atoms with Crippen molar-refractivity contribution in [3.8, 4) is 0 Å². The summed E-state index contributed by atoms with van der Waals surface area (Å²) >= 11 is 0. The average Bonchev–Trinajstić information content (AvgIpc) is 3.13. The molecule has 6 aromatic carbocycles. The van der Waals surface area contributed by atoms with Crippen LogP contribution in [0.15, 0.2) is 170 Å². The van der Waals surface area contributed by atoms with Gasteiger partial charge < -0.3 is 0 Å². The third kappa shape index (κ3) is 9.56. The van der Waals surface area contributed by atoms with Crippen LogP contribution in [0.25, 0.3) is 0 Å². The van der Waals surface area contributed by atoms with Crippen molar-refractivity contribution in [1.29, 1.82) is 0 Å². The van der Waals surface area contributed by atoms with Crippen LogP contribution in [0, 0.1) is 0 Å². The molecule has 0 bridgehead atoms. The quantitative estimate of drug-likeness (QED) is 0.108. The van der Waals surface area contributed by atoms with E-state index in [-0.39, 0.29) is 13.1 Å². The van der Waals surface area contributed by atoms with Gasteiger partial charge in [-0.1, -0.05) is 186 Å². The summed E-state index contributed by atoms with van der Waals surface area (Å²) in [5.74, 6) is 0. The van der Waals surface area contributed by atoms with E-state index < -0.39 is 23.0 Å². The molecule has 2 radical (unpaired) electrons. The van der Waals surface area contributed by atoms with Gasteiger partial charge in [-0.2, -0.15) is 0 Å². The zero-order chi connectivity index (χ0) is 36.6. The van der Waals surface area contributed by atoms with Crippen molar-refractivity contribution in [3.05, 3.63) is 170 Å². The van der Waals surface area contributed by atoms with Crippen molar-refractivity contribution in [3.63, 3.8) is 0 Å². The normalized spacial score (nSPS) is 13.6. The van der Waals surface area contributed by atoms with E-state index >= 15 is 0 Å². The molecule has 0 heterocycles. The lowest BCUT2D eigenvalue weighted by Gasteiger charge is -2.35. The molecule has 51 heavy (non-hydrogen) atoms. The molecular formula is C46H52BP4+. The predicted molar refractivity (Wildman–Crippen MR) is 241 cm³/mol. The van der Waals surface area contributed by atoms with Crippen molar-refractivity contribution in [2.24, 2.45) is 0 Å².